The molecule has 0 N–H and O–H groups in total. The van der Waals surface area contributed by atoms with Gasteiger partial charge in [0.15, 0.2) is 0 Å². The minimum Gasteiger partial charge on any atom is -0.465 e. The Morgan fingerprint density at radius 2 is 1.52 bits per heavy atom. The maximum atomic E-state index is 11.8. The number of ether oxygens (including phenoxy) is 1. The van der Waals surface area contributed by atoms with Crippen molar-refractivity contribution in [1.29, 1.82) is 0 Å². The fraction of sp³-hybridized carbons (Fsp3) is 0.450. The van der Waals surface area contributed by atoms with E-state index in [4.69, 9.17) is 13.8 Å². The highest BCUT2D eigenvalue weighted by Gasteiger charge is 2.16. The second-order valence-corrected chi connectivity index (χ2v) is 6.33. The molecule has 0 radical (unpaired) electrons. The van der Waals surface area contributed by atoms with Crippen molar-refractivity contribution in [3.63, 3.8) is 0 Å². The van der Waals surface area contributed by atoms with Gasteiger partial charge >= 0.3 is 5.97 Å². The number of rotatable bonds is 5. The van der Waals surface area contributed by atoms with E-state index in [0.29, 0.717) is 11.3 Å². The molecule has 1 atom stereocenters. The fourth-order valence-electron chi connectivity index (χ4n) is 1.74. The molecule has 2 rings (SSSR count). The minimum absolute atomic E-state index is 0.410. The van der Waals surface area contributed by atoms with Crippen LogP contribution in [0.15, 0.2) is 36.4 Å². The van der Waals surface area contributed by atoms with Crippen LogP contribution >= 0.6 is 8.38 Å². The van der Waals surface area contributed by atoms with Gasteiger partial charge in [-0.25, -0.2) is 4.79 Å². The molecule has 4 nitrogen and oxygen atoms in total. The number of unbranched alkanes of at least 4 members (excludes halogenated alkanes) is 1. The molecule has 0 saturated heterocycles. The number of esters is 1. The monoisotopic (exact) mass is 366 g/mol. The molecular formula is C20H31O4P. The molecule has 140 valence electrons. The lowest BCUT2D eigenvalue weighted by Crippen LogP contribution is -2.04. The Labute approximate surface area is 153 Å². The first-order chi connectivity index (χ1) is 12.1. The van der Waals surface area contributed by atoms with Crippen molar-refractivity contribution in [2.45, 2.75) is 40.5 Å². The molecule has 0 bridgehead atoms. The minimum atomic E-state index is -1.06. The van der Waals surface area contributed by atoms with E-state index >= 15 is 0 Å². The number of hydrogen-bond donors (Lipinski definition) is 0. The normalized spacial score (nSPS) is 10.7. The highest BCUT2D eigenvalue weighted by molar-refractivity contribution is 7.46. The molecule has 0 aliphatic heterocycles. The number of hydrogen-bond acceptors (Lipinski definition) is 4. The number of carbonyl (C=O) groups is 1. The van der Waals surface area contributed by atoms with Crippen LogP contribution in [0.5, 0.6) is 5.75 Å². The highest BCUT2D eigenvalue weighted by atomic mass is 31.2. The first kappa shape index (κ1) is 23.4. The van der Waals surface area contributed by atoms with Crippen molar-refractivity contribution in [2.75, 3.05) is 20.9 Å². The predicted octanol–water partition coefficient (Wildman–Crippen LogP) is 6.43. The van der Waals surface area contributed by atoms with Crippen LogP contribution < -0.4 is 4.52 Å². The van der Waals surface area contributed by atoms with Crippen LogP contribution in [0.2, 0.25) is 0 Å². The summed E-state index contributed by atoms with van der Waals surface area (Å²) in [5, 5.41) is 1.97. The van der Waals surface area contributed by atoms with Crippen LogP contribution in [0.3, 0.4) is 0 Å². The molecule has 5 heteroatoms. The molecule has 0 aliphatic rings. The molecule has 2 aromatic rings. The Balaban J connectivity index is 0.000000845. The topological polar surface area (TPSA) is 44.8 Å². The zero-order chi connectivity index (χ0) is 19.2. The van der Waals surface area contributed by atoms with E-state index in [1.165, 1.54) is 20.0 Å². The van der Waals surface area contributed by atoms with E-state index < -0.39 is 14.3 Å². The maximum Gasteiger partial charge on any atom is 0.341 e. The first-order valence-electron chi connectivity index (χ1n) is 8.64. The van der Waals surface area contributed by atoms with E-state index in [2.05, 4.69) is 13.8 Å². The molecule has 0 saturated carbocycles. The lowest BCUT2D eigenvalue weighted by molar-refractivity contribution is 0.0599. The van der Waals surface area contributed by atoms with Crippen LogP contribution in [-0.4, -0.2) is 26.9 Å². The summed E-state index contributed by atoms with van der Waals surface area (Å²) >= 11 is 0. The molecule has 0 aromatic heterocycles. The Hall–Kier alpha value is -1.64. The molecule has 0 heterocycles. The zero-order valence-corrected chi connectivity index (χ0v) is 17.4. The average molecular weight is 366 g/mol. The summed E-state index contributed by atoms with van der Waals surface area (Å²) < 4.78 is 15.6. The number of fused-ring (bicyclic) bond motifs is 1. The van der Waals surface area contributed by atoms with Gasteiger partial charge in [0.05, 0.1) is 7.11 Å². The van der Waals surface area contributed by atoms with E-state index in [9.17, 15) is 4.79 Å². The van der Waals surface area contributed by atoms with Crippen LogP contribution in [0.25, 0.3) is 10.8 Å². The summed E-state index contributed by atoms with van der Waals surface area (Å²) in [6.07, 6.45) is 2.64. The van der Waals surface area contributed by atoms with Crippen LogP contribution in [0.4, 0.5) is 0 Å². The van der Waals surface area contributed by atoms with Crippen molar-refractivity contribution >= 4 is 25.1 Å². The summed E-state index contributed by atoms with van der Waals surface area (Å²) in [5.74, 6) is 0.0706. The molecule has 0 amide bonds. The van der Waals surface area contributed by atoms with Crippen molar-refractivity contribution in [3.05, 3.63) is 42.0 Å². The summed E-state index contributed by atoms with van der Waals surface area (Å²) in [6, 6.07) is 11.4. The summed E-state index contributed by atoms with van der Waals surface area (Å²) in [5.41, 5.74) is 0.410. The van der Waals surface area contributed by atoms with Gasteiger partial charge in [0, 0.05) is 13.8 Å². The Morgan fingerprint density at radius 1 is 1.00 bits per heavy atom. The molecule has 25 heavy (non-hydrogen) atoms. The zero-order valence-electron chi connectivity index (χ0n) is 16.5. The second-order valence-electron chi connectivity index (χ2n) is 4.90. The number of carbonyl (C=O) groups excluding carboxylic acids is 1. The van der Waals surface area contributed by atoms with Crippen LogP contribution in [0.1, 0.15) is 50.9 Å². The van der Waals surface area contributed by atoms with E-state index in [0.717, 1.165) is 10.8 Å². The van der Waals surface area contributed by atoms with Crippen molar-refractivity contribution in [1.82, 2.24) is 0 Å². The third kappa shape index (κ3) is 7.85. The molecule has 0 aliphatic carbocycles. The maximum absolute atomic E-state index is 11.8. The molecule has 0 spiro atoms. The predicted molar refractivity (Wildman–Crippen MR) is 108 cm³/mol. The van der Waals surface area contributed by atoms with Crippen LogP contribution in [-0.2, 0) is 9.26 Å². The van der Waals surface area contributed by atoms with E-state index in [1.807, 2.05) is 50.8 Å². The lowest BCUT2D eigenvalue weighted by Gasteiger charge is -2.15. The standard InChI is InChI=1S/C14H15O4P.C4H10.C2H6/c1-16-14(15)12-8-10-6-4-5-7-11(10)9-13(12)18-19(3)17-2;1-3-4-2;1-2/h4-9H,1-3H3;3-4H2,1-2H3;1-2H3. The second kappa shape index (κ2) is 13.6. The van der Waals surface area contributed by atoms with Gasteiger partial charge < -0.3 is 13.8 Å². The molecule has 1 unspecified atom stereocenters. The summed E-state index contributed by atoms with van der Waals surface area (Å²) in [4.78, 5) is 11.8. The van der Waals surface area contributed by atoms with Crippen molar-refractivity contribution in [2.24, 2.45) is 0 Å². The van der Waals surface area contributed by atoms with Gasteiger partial charge in [-0.3, -0.25) is 0 Å². The Bertz CT molecular complexity index is 626. The van der Waals surface area contributed by atoms with Gasteiger partial charge in [-0.05, 0) is 22.9 Å². The smallest absolute Gasteiger partial charge is 0.341 e. The number of methoxy groups -OCH3 is 1. The van der Waals surface area contributed by atoms with Crippen molar-refractivity contribution < 1.29 is 18.6 Å². The summed E-state index contributed by atoms with van der Waals surface area (Å²) in [7, 11) is 1.86. The quantitative estimate of drug-likeness (QED) is 0.452. The van der Waals surface area contributed by atoms with Crippen LogP contribution in [0, 0.1) is 0 Å². The summed E-state index contributed by atoms with van der Waals surface area (Å²) in [6.45, 7) is 10.2. The first-order valence-corrected chi connectivity index (χ1v) is 10.3. The van der Waals surface area contributed by atoms with Gasteiger partial charge in [-0.2, -0.15) is 0 Å². The number of benzene rings is 2. The van der Waals surface area contributed by atoms with E-state index in [1.54, 1.807) is 13.2 Å². The van der Waals surface area contributed by atoms with Gasteiger partial charge in [0.25, 0.3) is 0 Å². The highest BCUT2D eigenvalue weighted by Crippen LogP contribution is 2.38. The largest absolute Gasteiger partial charge is 0.465 e. The van der Waals surface area contributed by atoms with Gasteiger partial charge in [0.2, 0.25) is 8.38 Å². The van der Waals surface area contributed by atoms with Gasteiger partial charge in [-0.15, -0.1) is 0 Å². The van der Waals surface area contributed by atoms with Gasteiger partial charge in [0.1, 0.15) is 11.3 Å². The Morgan fingerprint density at radius 3 is 1.96 bits per heavy atom. The van der Waals surface area contributed by atoms with Crippen molar-refractivity contribution in [3.8, 4) is 5.75 Å². The fourth-order valence-corrected chi connectivity index (χ4v) is 2.24. The molecular weight excluding hydrogens is 335 g/mol. The Kier molecular flexibility index (Phi) is 12.7. The molecule has 0 fully saturated rings. The lowest BCUT2D eigenvalue weighted by atomic mass is 10.1. The van der Waals surface area contributed by atoms with E-state index in [-0.39, 0.29) is 0 Å². The SMILES string of the molecule is CC.CCCC.COC(=O)c1cc2ccccc2cc1OP(C)OC. The third-order valence-corrected chi connectivity index (χ3v) is 4.21. The average Bonchev–Trinajstić information content (AvgIpc) is 2.68. The van der Waals surface area contributed by atoms with Gasteiger partial charge in [-0.1, -0.05) is 64.8 Å². The third-order valence-electron chi connectivity index (χ3n) is 3.24. The molecule has 2 aromatic carbocycles.